The van der Waals surface area contributed by atoms with Crippen molar-refractivity contribution in [3.63, 3.8) is 0 Å². The molecule has 2 rings (SSSR count). The van der Waals surface area contributed by atoms with Crippen molar-refractivity contribution >= 4 is 5.91 Å². The molecule has 6 nitrogen and oxygen atoms in total. The van der Waals surface area contributed by atoms with Crippen molar-refractivity contribution in [1.29, 1.82) is 0 Å². The van der Waals surface area contributed by atoms with Crippen molar-refractivity contribution in [2.45, 2.75) is 32.7 Å². The van der Waals surface area contributed by atoms with E-state index in [-0.39, 0.29) is 11.3 Å². The fraction of sp³-hybridized carbons (Fsp3) is 0.438. The van der Waals surface area contributed by atoms with Crippen molar-refractivity contribution in [1.82, 2.24) is 20.1 Å². The lowest BCUT2D eigenvalue weighted by Gasteiger charge is -2.13. The number of rotatable bonds is 4. The summed E-state index contributed by atoms with van der Waals surface area (Å²) >= 11 is 0. The third-order valence-corrected chi connectivity index (χ3v) is 3.34. The van der Waals surface area contributed by atoms with E-state index in [9.17, 15) is 4.79 Å². The minimum Gasteiger partial charge on any atom is -0.481 e. The summed E-state index contributed by atoms with van der Waals surface area (Å²) in [6.07, 6.45) is 1.65. The van der Waals surface area contributed by atoms with E-state index < -0.39 is 0 Å². The zero-order valence-corrected chi connectivity index (χ0v) is 13.7. The highest BCUT2D eigenvalue weighted by atomic mass is 16.5. The molecule has 6 heteroatoms. The number of hydrogen-bond acceptors (Lipinski definition) is 4. The third kappa shape index (κ3) is 3.63. The maximum absolute atomic E-state index is 12.3. The van der Waals surface area contributed by atoms with Crippen LogP contribution in [0.2, 0.25) is 0 Å². The van der Waals surface area contributed by atoms with Crippen LogP contribution in [0.15, 0.2) is 24.4 Å². The normalized spacial score (nSPS) is 11.3. The number of aryl methyl sites for hydroxylation is 1. The molecular weight excluding hydrogens is 280 g/mol. The summed E-state index contributed by atoms with van der Waals surface area (Å²) in [5, 5.41) is 7.30. The van der Waals surface area contributed by atoms with Gasteiger partial charge in [0, 0.05) is 31.3 Å². The van der Waals surface area contributed by atoms with Gasteiger partial charge in [-0.3, -0.25) is 9.48 Å². The quantitative estimate of drug-likeness (QED) is 0.938. The lowest BCUT2D eigenvalue weighted by molar-refractivity contribution is 0.0941. The van der Waals surface area contributed by atoms with Crippen molar-refractivity contribution in [3.05, 3.63) is 41.3 Å². The van der Waals surface area contributed by atoms with Gasteiger partial charge in [0.2, 0.25) is 5.88 Å². The summed E-state index contributed by atoms with van der Waals surface area (Å²) in [5.74, 6) is 0.378. The van der Waals surface area contributed by atoms with Gasteiger partial charge in [-0.25, -0.2) is 4.98 Å². The fourth-order valence-electron chi connectivity index (χ4n) is 1.99. The Labute approximate surface area is 130 Å². The zero-order chi connectivity index (χ0) is 16.3. The predicted octanol–water partition coefficient (Wildman–Crippen LogP) is 2.05. The molecule has 0 bridgehead atoms. The summed E-state index contributed by atoms with van der Waals surface area (Å²) in [7, 11) is 3.34. The minimum atomic E-state index is -0.152. The smallest absolute Gasteiger partial charge is 0.269 e. The Kier molecular flexibility index (Phi) is 4.49. The molecule has 0 aliphatic heterocycles. The number of nitrogens with one attached hydrogen (secondary N) is 1. The van der Waals surface area contributed by atoms with Crippen LogP contribution in [0.25, 0.3) is 0 Å². The highest BCUT2D eigenvalue weighted by Gasteiger charge is 2.21. The molecule has 0 spiro atoms. The molecule has 0 fully saturated rings. The maximum atomic E-state index is 12.3. The third-order valence-electron chi connectivity index (χ3n) is 3.34. The van der Waals surface area contributed by atoms with Crippen LogP contribution in [0, 0.1) is 0 Å². The van der Waals surface area contributed by atoms with Crippen LogP contribution in [0.1, 0.15) is 42.5 Å². The second kappa shape index (κ2) is 6.17. The van der Waals surface area contributed by atoms with E-state index in [2.05, 4.69) is 36.2 Å². The van der Waals surface area contributed by atoms with Crippen molar-refractivity contribution in [2.24, 2.45) is 7.05 Å². The molecule has 2 aromatic heterocycles. The molecule has 22 heavy (non-hydrogen) atoms. The number of hydrogen-bond donors (Lipinski definition) is 1. The van der Waals surface area contributed by atoms with Crippen LogP contribution in [0.5, 0.6) is 5.88 Å². The first-order valence-electron chi connectivity index (χ1n) is 7.13. The molecule has 2 heterocycles. The van der Waals surface area contributed by atoms with Gasteiger partial charge in [0.1, 0.15) is 5.69 Å². The summed E-state index contributed by atoms with van der Waals surface area (Å²) in [5.41, 5.74) is 2.28. The Morgan fingerprint density at radius 1 is 1.36 bits per heavy atom. The van der Waals surface area contributed by atoms with Gasteiger partial charge in [0.15, 0.2) is 0 Å². The number of methoxy groups -OCH3 is 1. The molecule has 0 aliphatic rings. The van der Waals surface area contributed by atoms with E-state index in [1.165, 1.54) is 0 Å². The van der Waals surface area contributed by atoms with Crippen molar-refractivity contribution in [3.8, 4) is 5.88 Å². The predicted molar refractivity (Wildman–Crippen MR) is 83.9 cm³/mol. The van der Waals surface area contributed by atoms with Crippen LogP contribution >= 0.6 is 0 Å². The SMILES string of the molecule is COc1cc(CNC(=O)c2cc(C(C)(C)C)nn2C)ccn1. The number of carbonyl (C=O) groups excluding carboxylic acids is 1. The molecule has 2 aromatic rings. The van der Waals surface area contributed by atoms with Crippen LogP contribution in [0.3, 0.4) is 0 Å². The van der Waals surface area contributed by atoms with Crippen LogP contribution in [-0.4, -0.2) is 27.8 Å². The monoisotopic (exact) mass is 302 g/mol. The highest BCUT2D eigenvalue weighted by Crippen LogP contribution is 2.21. The van der Waals surface area contributed by atoms with E-state index in [0.717, 1.165) is 11.3 Å². The van der Waals surface area contributed by atoms with Gasteiger partial charge in [-0.2, -0.15) is 5.10 Å². The molecule has 0 atom stereocenters. The first-order valence-corrected chi connectivity index (χ1v) is 7.13. The van der Waals surface area contributed by atoms with Gasteiger partial charge in [-0.05, 0) is 17.7 Å². The molecule has 0 saturated heterocycles. The van der Waals surface area contributed by atoms with E-state index in [4.69, 9.17) is 4.74 Å². The summed E-state index contributed by atoms with van der Waals surface area (Å²) in [6.45, 7) is 6.62. The largest absolute Gasteiger partial charge is 0.481 e. The minimum absolute atomic E-state index is 0.0885. The Morgan fingerprint density at radius 3 is 2.68 bits per heavy atom. The standard InChI is InChI=1S/C16H22N4O2/c1-16(2,3)13-9-12(20(4)19-13)15(21)18-10-11-6-7-17-14(8-11)22-5/h6-9H,10H2,1-5H3,(H,18,21). The summed E-state index contributed by atoms with van der Waals surface area (Å²) in [6, 6.07) is 5.47. The van der Waals surface area contributed by atoms with Crippen LogP contribution in [-0.2, 0) is 19.0 Å². The molecular formula is C16H22N4O2. The Bertz CT molecular complexity index is 671. The zero-order valence-electron chi connectivity index (χ0n) is 13.7. The molecule has 0 aromatic carbocycles. The molecule has 0 saturated carbocycles. The fourth-order valence-corrected chi connectivity index (χ4v) is 1.99. The first-order chi connectivity index (χ1) is 10.3. The molecule has 0 radical (unpaired) electrons. The Hall–Kier alpha value is -2.37. The average molecular weight is 302 g/mol. The van der Waals surface area contributed by atoms with Gasteiger partial charge < -0.3 is 10.1 Å². The number of carbonyl (C=O) groups is 1. The topological polar surface area (TPSA) is 69.0 Å². The van der Waals surface area contributed by atoms with Crippen LogP contribution in [0.4, 0.5) is 0 Å². The summed E-state index contributed by atoms with van der Waals surface area (Å²) in [4.78, 5) is 16.4. The van der Waals surface area contributed by atoms with E-state index in [1.807, 2.05) is 12.1 Å². The van der Waals surface area contributed by atoms with E-state index >= 15 is 0 Å². The number of aromatic nitrogens is 3. The second-order valence-electron chi connectivity index (χ2n) is 6.18. The molecule has 1 amide bonds. The average Bonchev–Trinajstić information content (AvgIpc) is 2.87. The lowest BCUT2D eigenvalue weighted by atomic mass is 9.92. The summed E-state index contributed by atoms with van der Waals surface area (Å²) < 4.78 is 6.68. The van der Waals surface area contributed by atoms with E-state index in [1.54, 1.807) is 31.1 Å². The molecule has 1 N–H and O–H groups in total. The number of nitrogens with zero attached hydrogens (tertiary/aromatic N) is 3. The van der Waals surface area contributed by atoms with Crippen LogP contribution < -0.4 is 10.1 Å². The second-order valence-corrected chi connectivity index (χ2v) is 6.18. The molecule has 0 aliphatic carbocycles. The number of amides is 1. The molecule has 118 valence electrons. The van der Waals surface area contributed by atoms with Gasteiger partial charge in [-0.1, -0.05) is 20.8 Å². The van der Waals surface area contributed by atoms with Crippen molar-refractivity contribution in [2.75, 3.05) is 7.11 Å². The Morgan fingerprint density at radius 2 is 2.09 bits per heavy atom. The first kappa shape index (κ1) is 16.0. The Balaban J connectivity index is 2.08. The molecule has 0 unspecified atom stereocenters. The number of ether oxygens (including phenoxy) is 1. The highest BCUT2D eigenvalue weighted by molar-refractivity contribution is 5.92. The van der Waals surface area contributed by atoms with Gasteiger partial charge in [0.25, 0.3) is 5.91 Å². The van der Waals surface area contributed by atoms with Gasteiger partial charge in [0.05, 0.1) is 12.8 Å². The van der Waals surface area contributed by atoms with Gasteiger partial charge >= 0.3 is 0 Å². The van der Waals surface area contributed by atoms with E-state index in [0.29, 0.717) is 18.1 Å². The lowest BCUT2D eigenvalue weighted by Crippen LogP contribution is -2.25. The van der Waals surface area contributed by atoms with Crippen molar-refractivity contribution < 1.29 is 9.53 Å². The maximum Gasteiger partial charge on any atom is 0.269 e. The van der Waals surface area contributed by atoms with Gasteiger partial charge in [-0.15, -0.1) is 0 Å². The number of pyridine rings is 1.